The molecule has 0 saturated carbocycles. The lowest BCUT2D eigenvalue weighted by Crippen LogP contribution is -2.29. The van der Waals surface area contributed by atoms with E-state index in [1.165, 1.54) is 36.2 Å². The van der Waals surface area contributed by atoms with Crippen molar-refractivity contribution < 1.29 is 4.39 Å². The molecule has 0 fully saturated rings. The Balaban J connectivity index is 1.72. The van der Waals surface area contributed by atoms with Crippen LogP contribution in [0.5, 0.6) is 0 Å². The second-order valence-corrected chi connectivity index (χ2v) is 7.36. The van der Waals surface area contributed by atoms with Crippen molar-refractivity contribution >= 4 is 11.5 Å². The molecule has 1 aliphatic carbocycles. The fourth-order valence-electron chi connectivity index (χ4n) is 3.99. The van der Waals surface area contributed by atoms with Crippen LogP contribution in [0.15, 0.2) is 30.3 Å². The number of hydrogen-bond acceptors (Lipinski definition) is 4. The number of halogens is 1. The van der Waals surface area contributed by atoms with Gasteiger partial charge >= 0.3 is 0 Å². The Morgan fingerprint density at radius 1 is 1.14 bits per heavy atom. The van der Waals surface area contributed by atoms with Crippen LogP contribution in [0.2, 0.25) is 0 Å². The molecular formula is C22H28FN5. The summed E-state index contributed by atoms with van der Waals surface area (Å²) in [5, 5.41) is 8.42. The quantitative estimate of drug-likeness (QED) is 0.667. The summed E-state index contributed by atoms with van der Waals surface area (Å²) >= 11 is 0. The number of rotatable bonds is 7. The lowest BCUT2D eigenvalue weighted by atomic mass is 9.96. The van der Waals surface area contributed by atoms with Gasteiger partial charge in [0.2, 0.25) is 0 Å². The topological polar surface area (TPSA) is 45.5 Å². The summed E-state index contributed by atoms with van der Waals surface area (Å²) in [5.74, 6) is 0.800. The lowest BCUT2D eigenvalue weighted by molar-refractivity contribution is 0.316. The van der Waals surface area contributed by atoms with Crippen molar-refractivity contribution in [1.82, 2.24) is 19.5 Å². The normalized spacial score (nSPS) is 13.9. The minimum Gasteiger partial charge on any atom is -0.368 e. The van der Waals surface area contributed by atoms with E-state index in [1.807, 2.05) is 16.6 Å². The number of anilines is 1. The summed E-state index contributed by atoms with van der Waals surface area (Å²) < 4.78 is 15.6. The summed E-state index contributed by atoms with van der Waals surface area (Å²) in [6, 6.07) is 8.54. The smallest absolute Gasteiger partial charge is 0.158 e. The van der Waals surface area contributed by atoms with Gasteiger partial charge in [0.15, 0.2) is 5.65 Å². The number of aryl methyl sites for hydroxylation is 1. The molecule has 0 spiro atoms. The number of nitrogens with one attached hydrogen (secondary N) is 1. The van der Waals surface area contributed by atoms with E-state index in [1.54, 1.807) is 6.07 Å². The SMILES string of the molecule is CCN(CC)CCNc1c2c(nc3cc(-c4cccc(F)c4)nn13)CCCC2. The minimum atomic E-state index is -0.251. The molecule has 6 heteroatoms. The number of hydrogen-bond donors (Lipinski definition) is 1. The number of aromatic nitrogens is 3. The van der Waals surface area contributed by atoms with Crippen LogP contribution in [0, 0.1) is 5.82 Å². The highest BCUT2D eigenvalue weighted by atomic mass is 19.1. The van der Waals surface area contributed by atoms with E-state index in [-0.39, 0.29) is 5.82 Å². The maximum absolute atomic E-state index is 13.7. The Kier molecular flexibility index (Phi) is 5.57. The van der Waals surface area contributed by atoms with E-state index >= 15 is 0 Å². The van der Waals surface area contributed by atoms with Gasteiger partial charge in [-0.3, -0.25) is 0 Å². The van der Waals surface area contributed by atoms with Gasteiger partial charge in [-0.25, -0.2) is 9.37 Å². The predicted octanol–water partition coefficient (Wildman–Crippen LogP) is 4.17. The molecule has 2 heterocycles. The molecule has 4 rings (SSSR count). The van der Waals surface area contributed by atoms with E-state index in [0.717, 1.165) is 61.7 Å². The van der Waals surface area contributed by atoms with Gasteiger partial charge in [-0.05, 0) is 50.9 Å². The largest absolute Gasteiger partial charge is 0.368 e. The number of benzene rings is 1. The van der Waals surface area contributed by atoms with Crippen LogP contribution in [0.4, 0.5) is 10.2 Å². The molecule has 3 aromatic rings. The average molecular weight is 381 g/mol. The molecule has 1 aromatic carbocycles. The van der Waals surface area contributed by atoms with Crippen molar-refractivity contribution in [2.24, 2.45) is 0 Å². The zero-order valence-corrected chi connectivity index (χ0v) is 16.7. The molecule has 1 aliphatic rings. The second-order valence-electron chi connectivity index (χ2n) is 7.36. The van der Waals surface area contributed by atoms with Crippen molar-refractivity contribution in [3.8, 4) is 11.3 Å². The summed E-state index contributed by atoms with van der Waals surface area (Å²) in [4.78, 5) is 7.28. The van der Waals surface area contributed by atoms with Crippen molar-refractivity contribution in [2.45, 2.75) is 39.5 Å². The Morgan fingerprint density at radius 2 is 1.96 bits per heavy atom. The van der Waals surface area contributed by atoms with E-state index < -0.39 is 0 Å². The zero-order valence-electron chi connectivity index (χ0n) is 16.7. The average Bonchev–Trinajstić information content (AvgIpc) is 3.14. The third kappa shape index (κ3) is 3.74. The van der Waals surface area contributed by atoms with E-state index in [0.29, 0.717) is 0 Å². The summed E-state index contributed by atoms with van der Waals surface area (Å²) in [7, 11) is 0. The van der Waals surface area contributed by atoms with Gasteiger partial charge in [-0.15, -0.1) is 0 Å². The highest BCUT2D eigenvalue weighted by molar-refractivity contribution is 5.67. The van der Waals surface area contributed by atoms with Gasteiger partial charge in [-0.2, -0.15) is 9.61 Å². The number of nitrogens with zero attached hydrogens (tertiary/aromatic N) is 4. The van der Waals surface area contributed by atoms with Gasteiger partial charge in [0.25, 0.3) is 0 Å². The predicted molar refractivity (Wildman–Crippen MR) is 111 cm³/mol. The van der Waals surface area contributed by atoms with Gasteiger partial charge in [0, 0.05) is 36.0 Å². The molecule has 0 aliphatic heterocycles. The highest BCUT2D eigenvalue weighted by Gasteiger charge is 2.20. The van der Waals surface area contributed by atoms with Crippen LogP contribution in [0.3, 0.4) is 0 Å². The first-order valence-electron chi connectivity index (χ1n) is 10.3. The van der Waals surface area contributed by atoms with Crippen molar-refractivity contribution in [3.63, 3.8) is 0 Å². The Morgan fingerprint density at radius 3 is 2.75 bits per heavy atom. The maximum atomic E-state index is 13.7. The van der Waals surface area contributed by atoms with E-state index in [2.05, 4.69) is 24.1 Å². The van der Waals surface area contributed by atoms with Crippen molar-refractivity contribution in [2.75, 3.05) is 31.5 Å². The maximum Gasteiger partial charge on any atom is 0.158 e. The first-order chi connectivity index (χ1) is 13.7. The molecule has 0 bridgehead atoms. The lowest BCUT2D eigenvalue weighted by Gasteiger charge is -2.22. The number of fused-ring (bicyclic) bond motifs is 2. The monoisotopic (exact) mass is 381 g/mol. The van der Waals surface area contributed by atoms with Crippen LogP contribution in [-0.4, -0.2) is 45.7 Å². The Bertz CT molecular complexity index is 961. The number of likely N-dealkylation sites (N-methyl/N-ethyl adjacent to an activating group) is 1. The molecule has 148 valence electrons. The van der Waals surface area contributed by atoms with Crippen molar-refractivity contribution in [3.05, 3.63) is 47.4 Å². The van der Waals surface area contributed by atoms with Gasteiger partial charge in [0.1, 0.15) is 11.6 Å². The molecule has 5 nitrogen and oxygen atoms in total. The third-order valence-electron chi connectivity index (χ3n) is 5.61. The van der Waals surface area contributed by atoms with Crippen LogP contribution in [0.25, 0.3) is 16.9 Å². The fourth-order valence-corrected chi connectivity index (χ4v) is 3.99. The first kappa shape index (κ1) is 18.9. The molecule has 0 amide bonds. The first-order valence-corrected chi connectivity index (χ1v) is 10.3. The van der Waals surface area contributed by atoms with Crippen LogP contribution >= 0.6 is 0 Å². The highest BCUT2D eigenvalue weighted by Crippen LogP contribution is 2.29. The summed E-state index contributed by atoms with van der Waals surface area (Å²) in [6.07, 6.45) is 4.40. The van der Waals surface area contributed by atoms with Crippen molar-refractivity contribution in [1.29, 1.82) is 0 Å². The minimum absolute atomic E-state index is 0.251. The summed E-state index contributed by atoms with van der Waals surface area (Å²) in [5.41, 5.74) is 4.81. The molecule has 0 saturated heterocycles. The van der Waals surface area contributed by atoms with E-state index in [9.17, 15) is 4.39 Å². The third-order valence-corrected chi connectivity index (χ3v) is 5.61. The fraction of sp³-hybridized carbons (Fsp3) is 0.455. The van der Waals surface area contributed by atoms with Gasteiger partial charge in [-0.1, -0.05) is 26.0 Å². The molecule has 0 radical (unpaired) electrons. The molecule has 1 N–H and O–H groups in total. The van der Waals surface area contributed by atoms with Crippen LogP contribution in [-0.2, 0) is 12.8 Å². The van der Waals surface area contributed by atoms with E-state index in [4.69, 9.17) is 10.1 Å². The molecule has 0 unspecified atom stereocenters. The van der Waals surface area contributed by atoms with Gasteiger partial charge < -0.3 is 10.2 Å². The zero-order chi connectivity index (χ0) is 19.5. The molecule has 2 aromatic heterocycles. The van der Waals surface area contributed by atoms with Crippen LogP contribution < -0.4 is 5.32 Å². The molecular weight excluding hydrogens is 353 g/mol. The molecule has 0 atom stereocenters. The standard InChI is InChI=1S/C22H28FN5/c1-3-27(4-2)13-12-24-22-18-10-5-6-11-19(18)25-21-15-20(26-28(21)22)16-8-7-9-17(23)14-16/h7-9,14-15,24H,3-6,10-13H2,1-2H3. The Hall–Kier alpha value is -2.47. The Labute approximate surface area is 165 Å². The van der Waals surface area contributed by atoms with Gasteiger partial charge in [0.05, 0.1) is 5.69 Å². The summed E-state index contributed by atoms with van der Waals surface area (Å²) in [6.45, 7) is 8.33. The second kappa shape index (κ2) is 8.27. The van der Waals surface area contributed by atoms with Crippen LogP contribution in [0.1, 0.15) is 37.9 Å². The molecule has 28 heavy (non-hydrogen) atoms.